The number of aliphatic hydroxyl groups excluding tert-OH is 1. The fourth-order valence-corrected chi connectivity index (χ4v) is 1.69. The van der Waals surface area contributed by atoms with E-state index < -0.39 is 0 Å². The van der Waals surface area contributed by atoms with Crippen molar-refractivity contribution >= 4 is 0 Å². The van der Waals surface area contributed by atoms with Gasteiger partial charge in [0.2, 0.25) is 0 Å². The highest BCUT2D eigenvalue weighted by Crippen LogP contribution is 2.18. The molecule has 0 heterocycles. The van der Waals surface area contributed by atoms with Crippen LogP contribution < -0.4 is 5.32 Å². The van der Waals surface area contributed by atoms with Crippen LogP contribution in [0.4, 0.5) is 0 Å². The molecular weight excluding hydrogens is 204 g/mol. The van der Waals surface area contributed by atoms with Gasteiger partial charge in [-0.25, -0.2) is 0 Å². The minimum absolute atomic E-state index is 0.278. The molecule has 0 aliphatic heterocycles. The summed E-state index contributed by atoms with van der Waals surface area (Å²) in [5.74, 6) is 0. The monoisotopic (exact) mass is 230 g/mol. The smallest absolute Gasteiger partial charge is 0.0791 e. The molecule has 0 aromatic rings. The van der Waals surface area contributed by atoms with Gasteiger partial charge in [0.25, 0.3) is 0 Å². The zero-order valence-corrected chi connectivity index (χ0v) is 10.8. The largest absolute Gasteiger partial charge is 0.390 e. The second kappa shape index (κ2) is 7.22. The molecule has 1 fully saturated rings. The molecule has 0 saturated heterocycles. The highest BCUT2D eigenvalue weighted by atomic mass is 16.5. The van der Waals surface area contributed by atoms with Crippen molar-refractivity contribution < 1.29 is 9.84 Å². The van der Waals surface area contributed by atoms with E-state index >= 15 is 0 Å². The molecule has 0 spiro atoms. The quantitative estimate of drug-likeness (QED) is 0.604. The first-order valence-corrected chi connectivity index (χ1v) is 6.28. The molecule has 1 unspecified atom stereocenters. The van der Waals surface area contributed by atoms with Gasteiger partial charge in [-0.15, -0.1) is 0 Å². The third-order valence-corrected chi connectivity index (χ3v) is 2.98. The first kappa shape index (κ1) is 13.9. The lowest BCUT2D eigenvalue weighted by Crippen LogP contribution is -2.43. The van der Waals surface area contributed by atoms with Crippen molar-refractivity contribution in [2.24, 2.45) is 0 Å². The van der Waals surface area contributed by atoms with Crippen LogP contribution in [-0.4, -0.2) is 61.5 Å². The summed E-state index contributed by atoms with van der Waals surface area (Å²) >= 11 is 0. The van der Waals surface area contributed by atoms with E-state index in [0.717, 1.165) is 19.7 Å². The molecule has 0 bridgehead atoms. The van der Waals surface area contributed by atoms with Gasteiger partial charge in [0, 0.05) is 38.8 Å². The Kier molecular flexibility index (Phi) is 6.28. The first-order chi connectivity index (χ1) is 7.63. The predicted molar refractivity (Wildman–Crippen MR) is 65.6 cm³/mol. The van der Waals surface area contributed by atoms with Crippen LogP contribution in [0.15, 0.2) is 0 Å². The van der Waals surface area contributed by atoms with Gasteiger partial charge in [-0.05, 0) is 26.7 Å². The Balaban J connectivity index is 2.16. The van der Waals surface area contributed by atoms with E-state index in [9.17, 15) is 5.11 Å². The lowest BCUT2D eigenvalue weighted by Gasteiger charge is -2.28. The number of aliphatic hydroxyl groups is 1. The minimum Gasteiger partial charge on any atom is -0.390 e. The van der Waals surface area contributed by atoms with Crippen LogP contribution in [-0.2, 0) is 4.74 Å². The average Bonchev–Trinajstić information content (AvgIpc) is 3.04. The summed E-state index contributed by atoms with van der Waals surface area (Å²) < 4.78 is 5.07. The molecule has 2 N–H and O–H groups in total. The van der Waals surface area contributed by atoms with E-state index in [2.05, 4.69) is 24.1 Å². The van der Waals surface area contributed by atoms with E-state index in [4.69, 9.17) is 4.74 Å². The number of hydrogen-bond acceptors (Lipinski definition) is 4. The van der Waals surface area contributed by atoms with Crippen LogP contribution >= 0.6 is 0 Å². The van der Waals surface area contributed by atoms with Gasteiger partial charge in [-0.2, -0.15) is 0 Å². The van der Waals surface area contributed by atoms with Crippen molar-refractivity contribution in [3.63, 3.8) is 0 Å². The van der Waals surface area contributed by atoms with Gasteiger partial charge in [0.1, 0.15) is 0 Å². The van der Waals surface area contributed by atoms with Crippen LogP contribution in [0.25, 0.3) is 0 Å². The van der Waals surface area contributed by atoms with Gasteiger partial charge in [0.15, 0.2) is 0 Å². The molecule has 4 nitrogen and oxygen atoms in total. The van der Waals surface area contributed by atoms with E-state index in [-0.39, 0.29) is 6.10 Å². The van der Waals surface area contributed by atoms with Crippen molar-refractivity contribution in [3.05, 3.63) is 0 Å². The Morgan fingerprint density at radius 2 is 2.12 bits per heavy atom. The van der Waals surface area contributed by atoms with Crippen molar-refractivity contribution in [3.8, 4) is 0 Å². The summed E-state index contributed by atoms with van der Waals surface area (Å²) in [4.78, 5) is 2.25. The fourth-order valence-electron chi connectivity index (χ4n) is 1.69. The SMILES string of the molecule is COCCN(CC(O)CNC1CC1)C(C)C. The molecule has 0 amide bonds. The Morgan fingerprint density at radius 3 is 2.62 bits per heavy atom. The molecule has 1 aliphatic carbocycles. The third kappa shape index (κ3) is 5.80. The molecule has 0 radical (unpaired) electrons. The maximum Gasteiger partial charge on any atom is 0.0791 e. The van der Waals surface area contributed by atoms with E-state index in [1.807, 2.05) is 0 Å². The molecule has 1 atom stereocenters. The number of rotatable bonds is 9. The predicted octanol–water partition coefficient (Wildman–Crippen LogP) is 0.456. The Labute approximate surface area is 99.0 Å². The van der Waals surface area contributed by atoms with Crippen LogP contribution in [0.1, 0.15) is 26.7 Å². The number of hydrogen-bond donors (Lipinski definition) is 2. The molecule has 96 valence electrons. The van der Waals surface area contributed by atoms with Crippen LogP contribution in [0.2, 0.25) is 0 Å². The van der Waals surface area contributed by atoms with Crippen molar-refractivity contribution in [2.45, 2.75) is 44.9 Å². The second-order valence-corrected chi connectivity index (χ2v) is 4.92. The van der Waals surface area contributed by atoms with Crippen LogP contribution in [0, 0.1) is 0 Å². The van der Waals surface area contributed by atoms with Crippen molar-refractivity contribution in [2.75, 3.05) is 33.4 Å². The van der Waals surface area contributed by atoms with Gasteiger partial charge in [-0.3, -0.25) is 4.90 Å². The van der Waals surface area contributed by atoms with Crippen LogP contribution in [0.3, 0.4) is 0 Å². The maximum absolute atomic E-state index is 9.90. The van der Waals surface area contributed by atoms with E-state index in [1.54, 1.807) is 7.11 Å². The van der Waals surface area contributed by atoms with Gasteiger partial charge >= 0.3 is 0 Å². The zero-order chi connectivity index (χ0) is 12.0. The molecule has 16 heavy (non-hydrogen) atoms. The molecule has 0 aromatic heterocycles. The fraction of sp³-hybridized carbons (Fsp3) is 1.00. The molecule has 1 saturated carbocycles. The minimum atomic E-state index is -0.278. The normalized spacial score (nSPS) is 18.4. The zero-order valence-electron chi connectivity index (χ0n) is 10.8. The summed E-state index contributed by atoms with van der Waals surface area (Å²) in [7, 11) is 1.71. The second-order valence-electron chi connectivity index (χ2n) is 4.92. The number of nitrogens with zero attached hydrogens (tertiary/aromatic N) is 1. The Bertz CT molecular complexity index is 184. The summed E-state index contributed by atoms with van der Waals surface area (Å²) in [6.45, 7) is 7.34. The topological polar surface area (TPSA) is 44.7 Å². The van der Waals surface area contributed by atoms with E-state index in [0.29, 0.717) is 18.6 Å². The van der Waals surface area contributed by atoms with Crippen molar-refractivity contribution in [1.82, 2.24) is 10.2 Å². The lowest BCUT2D eigenvalue weighted by atomic mass is 10.2. The van der Waals surface area contributed by atoms with Crippen molar-refractivity contribution in [1.29, 1.82) is 0 Å². The Morgan fingerprint density at radius 1 is 1.44 bits per heavy atom. The van der Waals surface area contributed by atoms with Crippen LogP contribution in [0.5, 0.6) is 0 Å². The Hall–Kier alpha value is -0.160. The summed E-state index contributed by atoms with van der Waals surface area (Å²) in [5.41, 5.74) is 0. The summed E-state index contributed by atoms with van der Waals surface area (Å²) in [5, 5.41) is 13.2. The maximum atomic E-state index is 9.90. The molecule has 1 aliphatic rings. The van der Waals surface area contributed by atoms with Gasteiger partial charge in [0.05, 0.1) is 12.7 Å². The number of ether oxygens (including phenoxy) is 1. The standard InChI is InChI=1S/C12H26N2O2/c1-10(2)14(6-7-16-3)9-12(15)8-13-11-4-5-11/h10-13,15H,4-9H2,1-3H3. The summed E-state index contributed by atoms with van der Waals surface area (Å²) in [6.07, 6.45) is 2.26. The van der Waals surface area contributed by atoms with Gasteiger partial charge in [-0.1, -0.05) is 0 Å². The molecule has 0 aromatic carbocycles. The van der Waals surface area contributed by atoms with Gasteiger partial charge < -0.3 is 15.2 Å². The highest BCUT2D eigenvalue weighted by Gasteiger charge is 2.22. The molecule has 1 rings (SSSR count). The number of methoxy groups -OCH3 is 1. The number of nitrogens with one attached hydrogen (secondary N) is 1. The lowest BCUT2D eigenvalue weighted by molar-refractivity contribution is 0.0719. The third-order valence-electron chi connectivity index (χ3n) is 2.98. The average molecular weight is 230 g/mol. The highest BCUT2D eigenvalue weighted by molar-refractivity contribution is 4.82. The molecular formula is C12H26N2O2. The first-order valence-electron chi connectivity index (χ1n) is 6.28. The summed E-state index contributed by atoms with van der Waals surface area (Å²) in [6, 6.07) is 1.12. The molecule has 4 heteroatoms. The van der Waals surface area contributed by atoms with E-state index in [1.165, 1.54) is 12.8 Å².